The second-order valence-electron chi connectivity index (χ2n) is 6.64. The van der Waals surface area contributed by atoms with E-state index < -0.39 is 0 Å². The zero-order valence-corrected chi connectivity index (χ0v) is 15.4. The molecule has 0 atom stereocenters. The number of aromatic nitrogens is 3. The van der Waals surface area contributed by atoms with Crippen molar-refractivity contribution in [3.8, 4) is 0 Å². The molecule has 0 saturated carbocycles. The number of piperazine rings is 1. The molecule has 26 heavy (non-hydrogen) atoms. The number of carbonyl (C=O) groups excluding carboxylic acids is 2. The van der Waals surface area contributed by atoms with Gasteiger partial charge in [0, 0.05) is 57.0 Å². The minimum Gasteiger partial charge on any atom is -0.339 e. The molecule has 2 aliphatic heterocycles. The van der Waals surface area contributed by atoms with Gasteiger partial charge in [0.1, 0.15) is 5.01 Å². The van der Waals surface area contributed by atoms with E-state index in [2.05, 4.69) is 15.0 Å². The largest absolute Gasteiger partial charge is 0.344 e. The Morgan fingerprint density at radius 2 is 1.81 bits per heavy atom. The fraction of sp³-hybridized carbons (Fsp3) is 0.529. The van der Waals surface area contributed by atoms with Crippen molar-refractivity contribution in [2.24, 2.45) is 0 Å². The predicted molar refractivity (Wildman–Crippen MR) is 97.1 cm³/mol. The number of amides is 2. The Morgan fingerprint density at radius 1 is 1.04 bits per heavy atom. The molecule has 0 aliphatic carbocycles. The van der Waals surface area contributed by atoms with E-state index >= 15 is 0 Å². The third-order valence-electron chi connectivity index (χ3n) is 4.90. The van der Waals surface area contributed by atoms with E-state index in [1.165, 1.54) is 10.9 Å². The van der Waals surface area contributed by atoms with Crippen LogP contribution in [0.3, 0.4) is 0 Å². The van der Waals surface area contributed by atoms with Crippen LogP contribution in [-0.4, -0.2) is 80.7 Å². The number of nitrogens with zero attached hydrogens (tertiary/aromatic N) is 6. The van der Waals surface area contributed by atoms with Crippen molar-refractivity contribution in [1.82, 2.24) is 29.5 Å². The van der Waals surface area contributed by atoms with Gasteiger partial charge in [-0.05, 0) is 12.8 Å². The monoisotopic (exact) mass is 374 g/mol. The number of likely N-dealkylation sites (tertiary alicyclic amines) is 1. The molecule has 9 heteroatoms. The van der Waals surface area contributed by atoms with Gasteiger partial charge in [-0.1, -0.05) is 0 Å². The fourth-order valence-electron chi connectivity index (χ4n) is 3.41. The van der Waals surface area contributed by atoms with E-state index in [1.54, 1.807) is 22.4 Å². The van der Waals surface area contributed by atoms with E-state index in [0.29, 0.717) is 18.7 Å². The lowest BCUT2D eigenvalue weighted by Crippen LogP contribution is -2.49. The van der Waals surface area contributed by atoms with Crippen molar-refractivity contribution in [3.05, 3.63) is 34.5 Å². The summed E-state index contributed by atoms with van der Waals surface area (Å²) in [5.41, 5.74) is 0.489. The fourth-order valence-corrected chi connectivity index (χ4v) is 4.06. The average Bonchev–Trinajstić information content (AvgIpc) is 3.42. The lowest BCUT2D eigenvalue weighted by molar-refractivity contribution is 0.0793. The maximum atomic E-state index is 12.7. The van der Waals surface area contributed by atoms with Crippen molar-refractivity contribution in [2.45, 2.75) is 19.4 Å². The molecule has 2 aromatic heterocycles. The van der Waals surface area contributed by atoms with Gasteiger partial charge >= 0.3 is 6.03 Å². The van der Waals surface area contributed by atoms with E-state index in [1.807, 2.05) is 16.5 Å². The summed E-state index contributed by atoms with van der Waals surface area (Å²) < 4.78 is 1.29. The molecule has 4 heterocycles. The first kappa shape index (κ1) is 17.2. The highest BCUT2D eigenvalue weighted by atomic mass is 32.1. The topological polar surface area (TPSA) is 74.6 Å². The quantitative estimate of drug-likeness (QED) is 0.811. The van der Waals surface area contributed by atoms with Crippen molar-refractivity contribution in [2.75, 3.05) is 39.3 Å². The molecule has 2 aliphatic rings. The molecule has 8 nitrogen and oxygen atoms in total. The highest BCUT2D eigenvalue weighted by Crippen LogP contribution is 2.14. The molecule has 0 unspecified atom stereocenters. The molecule has 0 N–H and O–H groups in total. The van der Waals surface area contributed by atoms with Crippen LogP contribution >= 0.6 is 11.3 Å². The van der Waals surface area contributed by atoms with Crippen molar-refractivity contribution in [3.63, 3.8) is 0 Å². The summed E-state index contributed by atoms with van der Waals surface area (Å²) in [4.78, 5) is 35.3. The number of carbonyl (C=O) groups is 2. The molecule has 2 fully saturated rings. The lowest BCUT2D eigenvalue weighted by atomic mass is 10.3. The van der Waals surface area contributed by atoms with Crippen molar-refractivity contribution >= 4 is 23.3 Å². The summed E-state index contributed by atoms with van der Waals surface area (Å²) >= 11 is 1.65. The Labute approximate surface area is 156 Å². The zero-order chi connectivity index (χ0) is 17.9. The van der Waals surface area contributed by atoms with Crippen molar-refractivity contribution in [1.29, 1.82) is 0 Å². The first-order valence-corrected chi connectivity index (χ1v) is 9.82. The zero-order valence-electron chi connectivity index (χ0n) is 14.6. The van der Waals surface area contributed by atoms with E-state index in [9.17, 15) is 9.59 Å². The van der Waals surface area contributed by atoms with Crippen LogP contribution < -0.4 is 0 Å². The maximum Gasteiger partial charge on any atom is 0.344 e. The summed E-state index contributed by atoms with van der Waals surface area (Å²) in [6.07, 6.45) is 6.97. The normalized spacial score (nSPS) is 18.5. The number of hydrogen-bond acceptors (Lipinski definition) is 6. The second kappa shape index (κ2) is 7.55. The Hall–Kier alpha value is -2.26. The number of thiazole rings is 1. The molecule has 138 valence electrons. The molecule has 0 spiro atoms. The molecule has 0 bridgehead atoms. The minimum atomic E-state index is -0.167. The molecule has 0 aromatic carbocycles. The van der Waals surface area contributed by atoms with Gasteiger partial charge in [-0.3, -0.25) is 9.69 Å². The third-order valence-corrected chi connectivity index (χ3v) is 5.67. The van der Waals surface area contributed by atoms with E-state index in [-0.39, 0.29) is 11.9 Å². The van der Waals surface area contributed by atoms with Crippen LogP contribution in [0.4, 0.5) is 4.79 Å². The third kappa shape index (κ3) is 3.63. The van der Waals surface area contributed by atoms with Gasteiger partial charge < -0.3 is 9.80 Å². The molecule has 2 saturated heterocycles. The number of rotatable bonds is 3. The van der Waals surface area contributed by atoms with Crippen LogP contribution in [0.15, 0.2) is 24.0 Å². The van der Waals surface area contributed by atoms with Gasteiger partial charge in [0.15, 0.2) is 0 Å². The Kier molecular flexibility index (Phi) is 4.98. The van der Waals surface area contributed by atoms with Crippen LogP contribution in [0.25, 0.3) is 0 Å². The van der Waals surface area contributed by atoms with Crippen LogP contribution in [-0.2, 0) is 6.54 Å². The summed E-state index contributed by atoms with van der Waals surface area (Å²) in [6, 6.07) is -0.167. The Balaban J connectivity index is 1.33. The van der Waals surface area contributed by atoms with E-state index in [4.69, 9.17) is 0 Å². The summed E-state index contributed by atoms with van der Waals surface area (Å²) in [7, 11) is 0. The van der Waals surface area contributed by atoms with Gasteiger partial charge in [0.05, 0.1) is 18.3 Å². The molecule has 0 radical (unpaired) electrons. The highest BCUT2D eigenvalue weighted by molar-refractivity contribution is 7.09. The summed E-state index contributed by atoms with van der Waals surface area (Å²) in [5, 5.41) is 7.20. The lowest BCUT2D eigenvalue weighted by Gasteiger charge is -2.33. The molecule has 4 rings (SSSR count). The van der Waals surface area contributed by atoms with Gasteiger partial charge in [0.2, 0.25) is 0 Å². The SMILES string of the molecule is O=C(c1cnn(C(=O)N2CCN(Cc3nccs3)CC2)c1)N1CCCC1. The first-order valence-electron chi connectivity index (χ1n) is 8.94. The molecular weight excluding hydrogens is 352 g/mol. The summed E-state index contributed by atoms with van der Waals surface area (Å²) in [5.74, 6) is -0.0326. The van der Waals surface area contributed by atoms with Gasteiger partial charge in [-0.25, -0.2) is 9.78 Å². The minimum absolute atomic E-state index is 0.0326. The van der Waals surface area contributed by atoms with Crippen LogP contribution in [0.5, 0.6) is 0 Å². The van der Waals surface area contributed by atoms with Crippen LogP contribution in [0.2, 0.25) is 0 Å². The summed E-state index contributed by atoms with van der Waals surface area (Å²) in [6.45, 7) is 5.34. The standard InChI is InChI=1S/C17H22N6O2S/c24-16(21-4-1-2-5-21)14-11-19-23(12-14)17(25)22-8-6-20(7-9-22)13-15-18-3-10-26-15/h3,10-12H,1-2,4-9,13H2. The maximum absolute atomic E-state index is 12.7. The van der Waals surface area contributed by atoms with Crippen LogP contribution in [0.1, 0.15) is 28.2 Å². The second-order valence-corrected chi connectivity index (χ2v) is 7.62. The van der Waals surface area contributed by atoms with E-state index in [0.717, 1.165) is 50.6 Å². The highest BCUT2D eigenvalue weighted by Gasteiger charge is 2.25. The number of hydrogen-bond donors (Lipinski definition) is 0. The van der Waals surface area contributed by atoms with Gasteiger partial charge in [0.25, 0.3) is 5.91 Å². The van der Waals surface area contributed by atoms with Crippen LogP contribution in [0, 0.1) is 0 Å². The first-order chi connectivity index (χ1) is 12.7. The van der Waals surface area contributed by atoms with Gasteiger partial charge in [-0.2, -0.15) is 9.78 Å². The van der Waals surface area contributed by atoms with Crippen molar-refractivity contribution < 1.29 is 9.59 Å². The molecule has 2 amide bonds. The smallest absolute Gasteiger partial charge is 0.339 e. The molecular formula is C17H22N6O2S. The molecule has 2 aromatic rings. The van der Waals surface area contributed by atoms with Gasteiger partial charge in [-0.15, -0.1) is 11.3 Å². The Bertz CT molecular complexity index is 760. The predicted octanol–water partition coefficient (Wildman–Crippen LogP) is 1.36. The average molecular weight is 374 g/mol. The Morgan fingerprint density at radius 3 is 2.50 bits per heavy atom.